The molecule has 0 N–H and O–H groups in total. The summed E-state index contributed by atoms with van der Waals surface area (Å²) in [7, 11) is 2.03. The summed E-state index contributed by atoms with van der Waals surface area (Å²) in [5, 5.41) is 0.692. The molecule has 0 bridgehead atoms. The lowest BCUT2D eigenvalue weighted by atomic mass is 9.91. The van der Waals surface area contributed by atoms with Crippen LogP contribution in [0.15, 0.2) is 6.07 Å². The van der Waals surface area contributed by atoms with Gasteiger partial charge < -0.3 is 4.57 Å². The van der Waals surface area contributed by atoms with Crippen LogP contribution < -0.4 is 0 Å². The predicted molar refractivity (Wildman–Crippen MR) is 83.1 cm³/mol. The zero-order valence-electron chi connectivity index (χ0n) is 12.5. The zero-order chi connectivity index (χ0) is 14.0. The normalized spacial score (nSPS) is 23.6. The predicted octanol–water partition coefficient (Wildman–Crippen LogP) is 4.14. The lowest BCUT2D eigenvalue weighted by molar-refractivity contribution is 0.102. The molecule has 0 spiro atoms. The number of ketones is 1. The lowest BCUT2D eigenvalue weighted by Gasteiger charge is -2.25. The first-order valence-corrected chi connectivity index (χ1v) is 8.31. The van der Waals surface area contributed by atoms with E-state index in [0.717, 1.165) is 22.9 Å². The van der Waals surface area contributed by atoms with Gasteiger partial charge in [0.05, 0.1) is 5.75 Å². The van der Waals surface area contributed by atoms with Gasteiger partial charge in [-0.1, -0.05) is 19.8 Å². The third-order valence-electron chi connectivity index (χ3n) is 4.41. The number of aryl methyl sites for hydroxylation is 1. The summed E-state index contributed by atoms with van der Waals surface area (Å²) < 4.78 is 2.10. The van der Waals surface area contributed by atoms with Gasteiger partial charge in [0.25, 0.3) is 0 Å². The highest BCUT2D eigenvalue weighted by Gasteiger charge is 2.21. The van der Waals surface area contributed by atoms with Crippen LogP contribution in [-0.2, 0) is 7.05 Å². The average molecular weight is 279 g/mol. The first-order chi connectivity index (χ1) is 8.99. The molecule has 0 saturated heterocycles. The van der Waals surface area contributed by atoms with Crippen LogP contribution in [0.1, 0.15) is 54.4 Å². The highest BCUT2D eigenvalue weighted by molar-refractivity contribution is 8.00. The van der Waals surface area contributed by atoms with Crippen molar-refractivity contribution in [2.24, 2.45) is 13.0 Å². The fourth-order valence-electron chi connectivity index (χ4n) is 2.94. The van der Waals surface area contributed by atoms with E-state index >= 15 is 0 Å². The minimum atomic E-state index is 0.296. The summed E-state index contributed by atoms with van der Waals surface area (Å²) in [4.78, 5) is 12.3. The van der Waals surface area contributed by atoms with Crippen LogP contribution in [0.4, 0.5) is 0 Å². The van der Waals surface area contributed by atoms with Crippen LogP contribution >= 0.6 is 11.8 Å². The summed E-state index contributed by atoms with van der Waals surface area (Å²) in [6.45, 7) is 6.42. The zero-order valence-corrected chi connectivity index (χ0v) is 13.3. The van der Waals surface area contributed by atoms with Crippen molar-refractivity contribution in [3.63, 3.8) is 0 Å². The van der Waals surface area contributed by atoms with E-state index < -0.39 is 0 Å². The van der Waals surface area contributed by atoms with Crippen molar-refractivity contribution in [3.05, 3.63) is 23.0 Å². The summed E-state index contributed by atoms with van der Waals surface area (Å²) in [6.07, 6.45) is 5.26. The molecule has 2 nitrogen and oxygen atoms in total. The van der Waals surface area contributed by atoms with Gasteiger partial charge in [-0.2, -0.15) is 11.8 Å². The Labute approximate surface area is 121 Å². The summed E-state index contributed by atoms with van der Waals surface area (Å²) >= 11 is 1.87. The van der Waals surface area contributed by atoms with E-state index in [9.17, 15) is 4.79 Å². The van der Waals surface area contributed by atoms with Crippen LogP contribution in [0.5, 0.6) is 0 Å². The Morgan fingerprint density at radius 1 is 1.42 bits per heavy atom. The molecule has 1 aliphatic rings. The number of carbonyl (C=O) groups is 1. The molecule has 1 saturated carbocycles. The van der Waals surface area contributed by atoms with Gasteiger partial charge in [0, 0.05) is 29.2 Å². The molecule has 2 rings (SSSR count). The van der Waals surface area contributed by atoms with Crippen molar-refractivity contribution in [3.8, 4) is 0 Å². The number of thioether (sulfide) groups is 1. The SMILES string of the molecule is Cc1cc(C(=O)CSC2CCCC(C)C2)c(C)n1C. The van der Waals surface area contributed by atoms with Gasteiger partial charge in [0.1, 0.15) is 0 Å². The molecule has 19 heavy (non-hydrogen) atoms. The number of carbonyl (C=O) groups excluding carboxylic acids is 1. The Bertz CT molecular complexity index is 464. The first kappa shape index (κ1) is 14.7. The van der Waals surface area contributed by atoms with Crippen molar-refractivity contribution in [1.29, 1.82) is 0 Å². The third kappa shape index (κ3) is 3.44. The number of nitrogens with zero attached hydrogens (tertiary/aromatic N) is 1. The van der Waals surface area contributed by atoms with Crippen molar-refractivity contribution in [1.82, 2.24) is 4.57 Å². The van der Waals surface area contributed by atoms with Crippen molar-refractivity contribution in [2.75, 3.05) is 5.75 Å². The Hall–Kier alpha value is -0.700. The third-order valence-corrected chi connectivity index (χ3v) is 5.74. The summed E-state index contributed by atoms with van der Waals surface area (Å²) in [5.41, 5.74) is 3.17. The Kier molecular flexibility index (Phi) is 4.77. The maximum absolute atomic E-state index is 12.3. The molecular formula is C16H25NOS. The first-order valence-electron chi connectivity index (χ1n) is 7.26. The Morgan fingerprint density at radius 2 is 2.16 bits per heavy atom. The summed E-state index contributed by atoms with van der Waals surface area (Å²) in [6, 6.07) is 2.03. The Morgan fingerprint density at radius 3 is 2.74 bits per heavy atom. The van der Waals surface area contributed by atoms with E-state index in [1.165, 1.54) is 25.7 Å². The average Bonchev–Trinajstić information content (AvgIpc) is 2.64. The molecule has 1 heterocycles. The monoisotopic (exact) mass is 279 g/mol. The molecule has 2 atom stereocenters. The van der Waals surface area contributed by atoms with E-state index in [0.29, 0.717) is 16.8 Å². The molecule has 0 radical (unpaired) electrons. The molecule has 0 aromatic carbocycles. The number of hydrogen-bond donors (Lipinski definition) is 0. The second-order valence-corrected chi connectivity index (χ2v) is 7.26. The van der Waals surface area contributed by atoms with Gasteiger partial charge in [-0.05, 0) is 38.7 Å². The quantitative estimate of drug-likeness (QED) is 0.773. The van der Waals surface area contributed by atoms with Gasteiger partial charge in [-0.3, -0.25) is 4.79 Å². The van der Waals surface area contributed by atoms with Crippen molar-refractivity contribution < 1.29 is 4.79 Å². The van der Waals surface area contributed by atoms with Gasteiger partial charge in [0.2, 0.25) is 0 Å². The Balaban J connectivity index is 1.92. The van der Waals surface area contributed by atoms with E-state index in [1.807, 2.05) is 31.8 Å². The highest BCUT2D eigenvalue weighted by Crippen LogP contribution is 2.32. The number of hydrogen-bond acceptors (Lipinski definition) is 2. The van der Waals surface area contributed by atoms with E-state index in [2.05, 4.69) is 18.4 Å². The van der Waals surface area contributed by atoms with E-state index in [4.69, 9.17) is 0 Å². The maximum atomic E-state index is 12.3. The largest absolute Gasteiger partial charge is 0.351 e. The van der Waals surface area contributed by atoms with Crippen LogP contribution in [0.25, 0.3) is 0 Å². The molecule has 0 amide bonds. The highest BCUT2D eigenvalue weighted by atomic mass is 32.2. The molecule has 0 aliphatic heterocycles. The molecule has 1 aliphatic carbocycles. The molecule has 106 valence electrons. The van der Waals surface area contributed by atoms with Gasteiger partial charge in [-0.15, -0.1) is 0 Å². The van der Waals surface area contributed by atoms with Crippen LogP contribution in [0.2, 0.25) is 0 Å². The standard InChI is InChI=1S/C16H25NOS/c1-11-6-5-7-14(8-11)19-10-16(18)15-9-12(2)17(4)13(15)3/h9,11,14H,5-8,10H2,1-4H3. The topological polar surface area (TPSA) is 22.0 Å². The second-order valence-electron chi connectivity index (χ2n) is 5.97. The molecule has 1 fully saturated rings. The molecule has 1 aromatic heterocycles. The van der Waals surface area contributed by atoms with Crippen molar-refractivity contribution in [2.45, 2.75) is 51.7 Å². The smallest absolute Gasteiger partial charge is 0.174 e. The number of Topliss-reactive ketones (excluding diaryl/α,β-unsaturated/α-hetero) is 1. The lowest BCUT2D eigenvalue weighted by Crippen LogP contribution is -2.17. The minimum Gasteiger partial charge on any atom is -0.351 e. The van der Waals surface area contributed by atoms with E-state index in [1.54, 1.807) is 0 Å². The summed E-state index contributed by atoms with van der Waals surface area (Å²) in [5.74, 6) is 1.77. The fourth-order valence-corrected chi connectivity index (χ4v) is 4.28. The van der Waals surface area contributed by atoms with Crippen LogP contribution in [-0.4, -0.2) is 21.4 Å². The number of aromatic nitrogens is 1. The number of rotatable bonds is 4. The minimum absolute atomic E-state index is 0.296. The molecular weight excluding hydrogens is 254 g/mol. The molecule has 3 heteroatoms. The molecule has 2 unspecified atom stereocenters. The van der Waals surface area contributed by atoms with E-state index in [-0.39, 0.29) is 0 Å². The van der Waals surface area contributed by atoms with Crippen LogP contribution in [0.3, 0.4) is 0 Å². The van der Waals surface area contributed by atoms with Gasteiger partial charge in [0.15, 0.2) is 5.78 Å². The van der Waals surface area contributed by atoms with Crippen LogP contribution in [0, 0.1) is 19.8 Å². The second kappa shape index (κ2) is 6.17. The van der Waals surface area contributed by atoms with Crippen molar-refractivity contribution >= 4 is 17.5 Å². The van der Waals surface area contributed by atoms with Gasteiger partial charge in [-0.25, -0.2) is 0 Å². The fraction of sp³-hybridized carbons (Fsp3) is 0.688. The van der Waals surface area contributed by atoms with Gasteiger partial charge >= 0.3 is 0 Å². The molecule has 1 aromatic rings. The maximum Gasteiger partial charge on any atom is 0.174 e.